The summed E-state index contributed by atoms with van der Waals surface area (Å²) in [6.45, 7) is 5.32. The van der Waals surface area contributed by atoms with Crippen LogP contribution >= 0.6 is 11.3 Å². The van der Waals surface area contributed by atoms with E-state index in [1.54, 1.807) is 17.5 Å². The number of nitrogens with one attached hydrogen (secondary N) is 1. The highest BCUT2D eigenvalue weighted by Crippen LogP contribution is 2.27. The molecule has 0 aromatic carbocycles. The lowest BCUT2D eigenvalue weighted by Crippen LogP contribution is -2.27. The van der Waals surface area contributed by atoms with Crippen LogP contribution < -0.4 is 10.2 Å². The predicted molar refractivity (Wildman–Crippen MR) is 82.2 cm³/mol. The highest BCUT2D eigenvalue weighted by atomic mass is 32.1. The summed E-state index contributed by atoms with van der Waals surface area (Å²) >= 11 is 1.79. The molecule has 19 heavy (non-hydrogen) atoms. The Balaban J connectivity index is 2.04. The van der Waals surface area contributed by atoms with E-state index in [0.717, 1.165) is 18.3 Å². The lowest BCUT2D eigenvalue weighted by molar-refractivity contribution is 0.568. The second-order valence-electron chi connectivity index (χ2n) is 5.35. The fraction of sp³-hybridized carbons (Fsp3) is 0.429. The van der Waals surface area contributed by atoms with Gasteiger partial charge in [0, 0.05) is 37.1 Å². The standard InChI is InChI=1S/C14H20N4S/c1-14(2,11-6-5-9-19-11)10-16-12-7-8-15-13(17-12)18(3)4/h5-9H,10H2,1-4H3,(H,15,16,17). The van der Waals surface area contributed by atoms with Crippen molar-refractivity contribution in [1.82, 2.24) is 9.97 Å². The Labute approximate surface area is 118 Å². The van der Waals surface area contributed by atoms with E-state index in [9.17, 15) is 0 Å². The summed E-state index contributed by atoms with van der Waals surface area (Å²) in [7, 11) is 3.88. The normalized spacial score (nSPS) is 11.4. The summed E-state index contributed by atoms with van der Waals surface area (Å²) in [5, 5.41) is 5.51. The van der Waals surface area contributed by atoms with Crippen LogP contribution in [0.4, 0.5) is 11.8 Å². The molecule has 0 unspecified atom stereocenters. The van der Waals surface area contributed by atoms with Crippen LogP contribution in [0, 0.1) is 0 Å². The Hall–Kier alpha value is -1.62. The van der Waals surface area contributed by atoms with Crippen molar-refractivity contribution in [2.24, 2.45) is 0 Å². The second-order valence-corrected chi connectivity index (χ2v) is 6.30. The maximum absolute atomic E-state index is 4.46. The summed E-state index contributed by atoms with van der Waals surface area (Å²) in [6, 6.07) is 6.17. The lowest BCUT2D eigenvalue weighted by atomic mass is 9.91. The Morgan fingerprint density at radius 3 is 2.74 bits per heavy atom. The van der Waals surface area contributed by atoms with Gasteiger partial charge in [-0.25, -0.2) is 4.98 Å². The number of hydrogen-bond acceptors (Lipinski definition) is 5. The maximum atomic E-state index is 4.46. The molecule has 0 amide bonds. The van der Waals surface area contributed by atoms with Gasteiger partial charge in [-0.2, -0.15) is 4.98 Å². The first-order valence-electron chi connectivity index (χ1n) is 6.27. The minimum absolute atomic E-state index is 0.0946. The van der Waals surface area contributed by atoms with Crippen molar-refractivity contribution in [3.8, 4) is 0 Å². The second kappa shape index (κ2) is 5.57. The molecule has 5 heteroatoms. The van der Waals surface area contributed by atoms with Gasteiger partial charge < -0.3 is 10.2 Å². The molecule has 0 atom stereocenters. The number of hydrogen-bond donors (Lipinski definition) is 1. The molecule has 2 aromatic heterocycles. The number of thiophene rings is 1. The van der Waals surface area contributed by atoms with Crippen LogP contribution in [0.1, 0.15) is 18.7 Å². The minimum atomic E-state index is 0.0946. The van der Waals surface area contributed by atoms with Crippen molar-refractivity contribution in [3.63, 3.8) is 0 Å². The molecule has 0 aliphatic heterocycles. The fourth-order valence-corrected chi connectivity index (χ4v) is 2.58. The van der Waals surface area contributed by atoms with Crippen LogP contribution in [0.2, 0.25) is 0 Å². The van der Waals surface area contributed by atoms with Gasteiger partial charge in [0.25, 0.3) is 0 Å². The Morgan fingerprint density at radius 1 is 1.32 bits per heavy atom. The van der Waals surface area contributed by atoms with Crippen LogP contribution in [0.25, 0.3) is 0 Å². The van der Waals surface area contributed by atoms with Gasteiger partial charge in [-0.1, -0.05) is 19.9 Å². The van der Waals surface area contributed by atoms with Gasteiger partial charge >= 0.3 is 0 Å². The molecule has 0 saturated heterocycles. The van der Waals surface area contributed by atoms with Crippen molar-refractivity contribution in [3.05, 3.63) is 34.7 Å². The average molecular weight is 276 g/mol. The molecular weight excluding hydrogens is 256 g/mol. The largest absolute Gasteiger partial charge is 0.369 e. The molecule has 2 rings (SSSR count). The van der Waals surface area contributed by atoms with Gasteiger partial charge in [-0.15, -0.1) is 11.3 Å². The zero-order chi connectivity index (χ0) is 13.9. The lowest BCUT2D eigenvalue weighted by Gasteiger charge is -2.24. The number of aromatic nitrogens is 2. The summed E-state index contributed by atoms with van der Waals surface area (Å²) in [5.41, 5.74) is 0.0946. The molecule has 2 aromatic rings. The zero-order valence-corrected chi connectivity index (χ0v) is 12.7. The average Bonchev–Trinajstić information content (AvgIpc) is 2.91. The molecule has 0 aliphatic carbocycles. The van der Waals surface area contributed by atoms with Crippen molar-refractivity contribution in [2.75, 3.05) is 30.9 Å². The van der Waals surface area contributed by atoms with E-state index >= 15 is 0 Å². The summed E-state index contributed by atoms with van der Waals surface area (Å²) in [6.07, 6.45) is 1.78. The number of rotatable bonds is 5. The molecule has 4 nitrogen and oxygen atoms in total. The van der Waals surface area contributed by atoms with E-state index in [0.29, 0.717) is 0 Å². The quantitative estimate of drug-likeness (QED) is 0.911. The molecular formula is C14H20N4S. The molecule has 0 fully saturated rings. The van der Waals surface area contributed by atoms with Gasteiger partial charge in [-0.05, 0) is 17.5 Å². The van der Waals surface area contributed by atoms with E-state index in [4.69, 9.17) is 0 Å². The van der Waals surface area contributed by atoms with Crippen molar-refractivity contribution >= 4 is 23.1 Å². The molecule has 0 saturated carbocycles. The van der Waals surface area contributed by atoms with Crippen molar-refractivity contribution in [1.29, 1.82) is 0 Å². The van der Waals surface area contributed by atoms with Gasteiger partial charge in [0.1, 0.15) is 5.82 Å². The van der Waals surface area contributed by atoms with E-state index in [1.165, 1.54) is 4.88 Å². The molecule has 0 radical (unpaired) electrons. The number of anilines is 2. The van der Waals surface area contributed by atoms with E-state index in [2.05, 4.69) is 46.6 Å². The van der Waals surface area contributed by atoms with Crippen molar-refractivity contribution in [2.45, 2.75) is 19.3 Å². The van der Waals surface area contributed by atoms with Crippen LogP contribution in [0.5, 0.6) is 0 Å². The van der Waals surface area contributed by atoms with Gasteiger partial charge in [0.15, 0.2) is 0 Å². The minimum Gasteiger partial charge on any atom is -0.369 e. The predicted octanol–water partition coefficient (Wildman–Crippen LogP) is 2.99. The van der Waals surface area contributed by atoms with Gasteiger partial charge in [0.2, 0.25) is 5.95 Å². The van der Waals surface area contributed by atoms with E-state index < -0.39 is 0 Å². The first-order valence-corrected chi connectivity index (χ1v) is 7.15. The zero-order valence-electron chi connectivity index (χ0n) is 11.8. The van der Waals surface area contributed by atoms with Crippen molar-refractivity contribution < 1.29 is 0 Å². The Bertz CT molecular complexity index is 520. The van der Waals surface area contributed by atoms with Crippen LogP contribution in [0.15, 0.2) is 29.8 Å². The molecule has 102 valence electrons. The maximum Gasteiger partial charge on any atom is 0.226 e. The van der Waals surface area contributed by atoms with E-state index in [1.807, 2.05) is 25.1 Å². The van der Waals surface area contributed by atoms with Crippen LogP contribution in [0.3, 0.4) is 0 Å². The van der Waals surface area contributed by atoms with Gasteiger partial charge in [-0.3, -0.25) is 0 Å². The van der Waals surface area contributed by atoms with E-state index in [-0.39, 0.29) is 5.41 Å². The Kier molecular flexibility index (Phi) is 4.04. The number of nitrogens with zero attached hydrogens (tertiary/aromatic N) is 3. The summed E-state index contributed by atoms with van der Waals surface area (Å²) in [5.74, 6) is 1.59. The smallest absolute Gasteiger partial charge is 0.226 e. The third-order valence-corrected chi connectivity index (χ3v) is 4.18. The highest BCUT2D eigenvalue weighted by Gasteiger charge is 2.21. The highest BCUT2D eigenvalue weighted by molar-refractivity contribution is 7.10. The SMILES string of the molecule is CN(C)c1nccc(NCC(C)(C)c2cccs2)n1. The third kappa shape index (κ3) is 3.44. The van der Waals surface area contributed by atoms with Gasteiger partial charge in [0.05, 0.1) is 0 Å². The van der Waals surface area contributed by atoms with Crippen LogP contribution in [-0.2, 0) is 5.41 Å². The molecule has 0 bridgehead atoms. The Morgan fingerprint density at radius 2 is 2.11 bits per heavy atom. The van der Waals surface area contributed by atoms with Crippen LogP contribution in [-0.4, -0.2) is 30.6 Å². The fourth-order valence-electron chi connectivity index (χ4n) is 1.72. The monoisotopic (exact) mass is 276 g/mol. The molecule has 0 aliphatic rings. The topological polar surface area (TPSA) is 41.1 Å². The summed E-state index contributed by atoms with van der Waals surface area (Å²) in [4.78, 5) is 11.9. The molecule has 2 heterocycles. The summed E-state index contributed by atoms with van der Waals surface area (Å²) < 4.78 is 0. The third-order valence-electron chi connectivity index (χ3n) is 2.94. The first kappa shape index (κ1) is 13.8. The molecule has 0 spiro atoms. The first-order chi connectivity index (χ1) is 8.99. The molecule has 1 N–H and O–H groups in total.